The zero-order valence-electron chi connectivity index (χ0n) is 13.1. The van der Waals surface area contributed by atoms with Crippen molar-refractivity contribution >= 4 is 29.9 Å². The summed E-state index contributed by atoms with van der Waals surface area (Å²) in [6, 6.07) is 0. The smallest absolute Gasteiger partial charge is 0.191 e. The van der Waals surface area contributed by atoms with Crippen LogP contribution in [-0.4, -0.2) is 49.5 Å². The van der Waals surface area contributed by atoms with Gasteiger partial charge in [0.2, 0.25) is 0 Å². The molecule has 0 aromatic rings. The van der Waals surface area contributed by atoms with Crippen LogP contribution in [0.1, 0.15) is 40.0 Å². The second-order valence-electron chi connectivity index (χ2n) is 5.80. The molecule has 2 atom stereocenters. The molecule has 1 aliphatic rings. The molecule has 1 rings (SSSR count). The first-order valence-corrected chi connectivity index (χ1v) is 7.24. The van der Waals surface area contributed by atoms with Crippen LogP contribution >= 0.6 is 24.0 Å². The largest absolute Gasteiger partial charge is 0.393 e. The number of aliphatic hydroxyl groups is 1. The highest BCUT2D eigenvalue weighted by molar-refractivity contribution is 14.0. The fraction of sp³-hybridized carbons (Fsp3) is 0.929. The maximum absolute atomic E-state index is 9.81. The molecule has 6 heteroatoms. The second kappa shape index (κ2) is 9.78. The monoisotopic (exact) mass is 399 g/mol. The minimum Gasteiger partial charge on any atom is -0.393 e. The molecule has 5 nitrogen and oxygen atoms in total. The Labute approximate surface area is 140 Å². The lowest BCUT2D eigenvalue weighted by Gasteiger charge is -2.22. The quantitative estimate of drug-likeness (QED) is 0.362. The molecule has 1 fully saturated rings. The molecule has 120 valence electrons. The summed E-state index contributed by atoms with van der Waals surface area (Å²) in [7, 11) is 1.70. The van der Waals surface area contributed by atoms with Crippen LogP contribution < -0.4 is 10.6 Å². The highest BCUT2D eigenvalue weighted by atomic mass is 127. The highest BCUT2D eigenvalue weighted by Gasteiger charge is 2.25. The molecule has 0 bridgehead atoms. The highest BCUT2D eigenvalue weighted by Crippen LogP contribution is 2.24. The van der Waals surface area contributed by atoms with Gasteiger partial charge in [-0.15, -0.1) is 24.0 Å². The van der Waals surface area contributed by atoms with Crippen LogP contribution in [0.3, 0.4) is 0 Å². The summed E-state index contributed by atoms with van der Waals surface area (Å²) in [4.78, 5) is 4.53. The Morgan fingerprint density at radius 1 is 1.35 bits per heavy atom. The van der Waals surface area contributed by atoms with Gasteiger partial charge in [0, 0.05) is 26.1 Å². The average molecular weight is 399 g/mol. The number of rotatable bonds is 6. The summed E-state index contributed by atoms with van der Waals surface area (Å²) in [5, 5.41) is 16.3. The Kier molecular flexibility index (Phi) is 9.74. The van der Waals surface area contributed by atoms with Crippen molar-refractivity contribution in [3.05, 3.63) is 0 Å². The first kappa shape index (κ1) is 19.9. The van der Waals surface area contributed by atoms with Crippen molar-refractivity contribution in [3.63, 3.8) is 0 Å². The van der Waals surface area contributed by atoms with Crippen LogP contribution in [0.15, 0.2) is 4.99 Å². The van der Waals surface area contributed by atoms with Crippen molar-refractivity contribution in [3.8, 4) is 0 Å². The van der Waals surface area contributed by atoms with Crippen LogP contribution in [0.4, 0.5) is 0 Å². The molecule has 1 aliphatic carbocycles. The van der Waals surface area contributed by atoms with E-state index in [1.807, 2.05) is 20.8 Å². The third kappa shape index (κ3) is 7.08. The predicted molar refractivity (Wildman–Crippen MR) is 93.8 cm³/mol. The van der Waals surface area contributed by atoms with Gasteiger partial charge in [0.15, 0.2) is 5.96 Å². The van der Waals surface area contributed by atoms with E-state index in [2.05, 4.69) is 15.6 Å². The molecular formula is C14H30IN3O2. The minimum atomic E-state index is -0.255. The van der Waals surface area contributed by atoms with Gasteiger partial charge >= 0.3 is 0 Å². The molecular weight excluding hydrogens is 369 g/mol. The van der Waals surface area contributed by atoms with Gasteiger partial charge in [-0.2, -0.15) is 0 Å². The van der Waals surface area contributed by atoms with Gasteiger partial charge < -0.3 is 20.5 Å². The van der Waals surface area contributed by atoms with E-state index in [0.29, 0.717) is 12.5 Å². The number of halogens is 1. The molecule has 0 aromatic heterocycles. The molecule has 20 heavy (non-hydrogen) atoms. The molecule has 0 saturated heterocycles. The molecule has 0 radical (unpaired) electrons. The average Bonchev–Trinajstić information content (AvgIpc) is 2.78. The van der Waals surface area contributed by atoms with Crippen LogP contribution in [0.25, 0.3) is 0 Å². The van der Waals surface area contributed by atoms with Gasteiger partial charge in [-0.25, -0.2) is 0 Å². The number of hydrogen-bond acceptors (Lipinski definition) is 3. The summed E-state index contributed by atoms with van der Waals surface area (Å²) in [6.07, 6.45) is 2.98. The van der Waals surface area contributed by atoms with E-state index in [0.717, 1.165) is 38.3 Å². The lowest BCUT2D eigenvalue weighted by molar-refractivity contribution is 0.0310. The zero-order chi connectivity index (χ0) is 14.3. The van der Waals surface area contributed by atoms with E-state index in [1.165, 1.54) is 0 Å². The van der Waals surface area contributed by atoms with Crippen molar-refractivity contribution in [2.45, 2.75) is 51.7 Å². The number of guanidine groups is 1. The lowest BCUT2D eigenvalue weighted by atomic mass is 10.1. The van der Waals surface area contributed by atoms with E-state index >= 15 is 0 Å². The second-order valence-corrected chi connectivity index (χ2v) is 5.80. The third-order valence-electron chi connectivity index (χ3n) is 3.67. The third-order valence-corrected chi connectivity index (χ3v) is 3.67. The zero-order valence-corrected chi connectivity index (χ0v) is 15.4. The van der Waals surface area contributed by atoms with E-state index < -0.39 is 0 Å². The van der Waals surface area contributed by atoms with Gasteiger partial charge in [-0.1, -0.05) is 6.42 Å². The molecule has 0 aromatic carbocycles. The van der Waals surface area contributed by atoms with Crippen molar-refractivity contribution in [2.75, 3.05) is 26.7 Å². The summed E-state index contributed by atoms with van der Waals surface area (Å²) in [5.41, 5.74) is -0.255. The number of ether oxygens (including phenoxy) is 1. The van der Waals surface area contributed by atoms with Crippen molar-refractivity contribution in [2.24, 2.45) is 10.9 Å². The van der Waals surface area contributed by atoms with Crippen LogP contribution in [0.2, 0.25) is 0 Å². The maximum Gasteiger partial charge on any atom is 0.191 e. The molecule has 0 spiro atoms. The van der Waals surface area contributed by atoms with Gasteiger partial charge in [-0.3, -0.25) is 4.99 Å². The number of nitrogens with one attached hydrogen (secondary N) is 2. The van der Waals surface area contributed by atoms with E-state index in [-0.39, 0.29) is 35.7 Å². The summed E-state index contributed by atoms with van der Waals surface area (Å²) in [6.45, 7) is 8.28. The summed E-state index contributed by atoms with van der Waals surface area (Å²) >= 11 is 0. The van der Waals surface area contributed by atoms with Crippen molar-refractivity contribution < 1.29 is 9.84 Å². The molecule has 3 N–H and O–H groups in total. The summed E-state index contributed by atoms with van der Waals surface area (Å²) < 4.78 is 5.36. The first-order chi connectivity index (χ1) is 8.98. The van der Waals surface area contributed by atoms with E-state index in [4.69, 9.17) is 4.74 Å². The van der Waals surface area contributed by atoms with Crippen molar-refractivity contribution in [1.29, 1.82) is 0 Å². The van der Waals surface area contributed by atoms with Gasteiger partial charge in [0.25, 0.3) is 0 Å². The van der Waals surface area contributed by atoms with Crippen molar-refractivity contribution in [1.82, 2.24) is 10.6 Å². The number of nitrogens with zero attached hydrogens (tertiary/aromatic N) is 1. The minimum absolute atomic E-state index is 0. The fourth-order valence-corrected chi connectivity index (χ4v) is 2.16. The lowest BCUT2D eigenvalue weighted by Crippen LogP contribution is -2.42. The van der Waals surface area contributed by atoms with Crippen LogP contribution in [0, 0.1) is 5.92 Å². The number of aliphatic imine (C=N–C) groups is 1. The topological polar surface area (TPSA) is 65.9 Å². The fourth-order valence-electron chi connectivity index (χ4n) is 2.16. The maximum atomic E-state index is 9.81. The predicted octanol–water partition coefficient (Wildman–Crippen LogP) is 1.75. The van der Waals surface area contributed by atoms with Gasteiger partial charge in [-0.05, 0) is 33.6 Å². The molecule has 0 heterocycles. The Morgan fingerprint density at radius 2 is 2.05 bits per heavy atom. The van der Waals surface area contributed by atoms with Gasteiger partial charge in [0.05, 0.1) is 18.2 Å². The number of methoxy groups -OCH3 is 1. The first-order valence-electron chi connectivity index (χ1n) is 7.24. The molecule has 0 aliphatic heterocycles. The standard InChI is InChI=1S/C14H29N3O2.HI/c1-5-15-13(17-10-14(2,3)19-4)16-9-11-7-6-8-12(11)18;/h11-12,18H,5-10H2,1-4H3,(H2,15,16,17);1H. The van der Waals surface area contributed by atoms with E-state index in [9.17, 15) is 5.11 Å². The Morgan fingerprint density at radius 3 is 2.55 bits per heavy atom. The Hall–Kier alpha value is -0.0800. The SMILES string of the molecule is CCNC(=NCC(C)(C)OC)NCC1CCCC1O.I. The van der Waals surface area contributed by atoms with Crippen LogP contribution in [0.5, 0.6) is 0 Å². The summed E-state index contributed by atoms with van der Waals surface area (Å²) in [5.74, 6) is 1.14. The molecule has 1 saturated carbocycles. The van der Waals surface area contributed by atoms with E-state index in [1.54, 1.807) is 7.11 Å². The number of aliphatic hydroxyl groups excluding tert-OH is 1. The van der Waals surface area contributed by atoms with Gasteiger partial charge in [0.1, 0.15) is 0 Å². The Bertz CT molecular complexity index is 298. The molecule has 2 unspecified atom stereocenters. The Balaban J connectivity index is 0.00000361. The molecule has 0 amide bonds. The normalized spacial score (nSPS) is 23.4. The number of hydrogen-bond donors (Lipinski definition) is 3. The van der Waals surface area contributed by atoms with Crippen LogP contribution in [-0.2, 0) is 4.74 Å².